The predicted octanol–water partition coefficient (Wildman–Crippen LogP) is 2.28. The number of para-hydroxylation sites is 1. The number of amides is 2. The molecular formula is C20H27N5O3S. The van der Waals surface area contributed by atoms with E-state index >= 15 is 0 Å². The zero-order valence-electron chi connectivity index (χ0n) is 16.6. The van der Waals surface area contributed by atoms with E-state index in [4.69, 9.17) is 17.0 Å². The number of H-pyrrole nitrogens is 1. The lowest BCUT2D eigenvalue weighted by Gasteiger charge is -2.31. The first-order valence-corrected chi connectivity index (χ1v) is 10.4. The molecule has 8 nitrogen and oxygen atoms in total. The van der Waals surface area contributed by atoms with Crippen molar-refractivity contribution in [2.24, 2.45) is 5.92 Å². The molecule has 1 aromatic heterocycles. The average Bonchev–Trinajstić information content (AvgIpc) is 3.12. The van der Waals surface area contributed by atoms with Gasteiger partial charge in [0.2, 0.25) is 11.8 Å². The fourth-order valence-corrected chi connectivity index (χ4v) is 3.72. The summed E-state index contributed by atoms with van der Waals surface area (Å²) in [4.78, 5) is 26.7. The SMILES string of the molecule is CCn1c(CNC(=O)C2CCN(C(=O)CCOc3ccccc3)CC2)n[nH]c1=S. The molecule has 1 aliphatic heterocycles. The van der Waals surface area contributed by atoms with Gasteiger partial charge in [-0.15, -0.1) is 0 Å². The van der Waals surface area contributed by atoms with Crippen molar-refractivity contribution in [3.05, 3.63) is 40.9 Å². The van der Waals surface area contributed by atoms with Gasteiger partial charge in [-0.3, -0.25) is 14.7 Å². The van der Waals surface area contributed by atoms with Gasteiger partial charge in [-0.25, -0.2) is 0 Å². The highest BCUT2D eigenvalue weighted by atomic mass is 32.1. The van der Waals surface area contributed by atoms with Crippen molar-refractivity contribution >= 4 is 24.0 Å². The molecule has 3 rings (SSSR count). The molecule has 1 fully saturated rings. The van der Waals surface area contributed by atoms with Gasteiger partial charge in [0.15, 0.2) is 10.6 Å². The Hall–Kier alpha value is -2.68. The number of ether oxygens (including phenoxy) is 1. The maximum atomic E-state index is 12.5. The van der Waals surface area contributed by atoms with Crippen LogP contribution in [0.4, 0.5) is 0 Å². The van der Waals surface area contributed by atoms with Gasteiger partial charge in [0, 0.05) is 25.6 Å². The number of carbonyl (C=O) groups is 2. The zero-order valence-corrected chi connectivity index (χ0v) is 17.4. The van der Waals surface area contributed by atoms with E-state index in [1.807, 2.05) is 46.7 Å². The van der Waals surface area contributed by atoms with Crippen LogP contribution in [-0.4, -0.2) is 51.2 Å². The summed E-state index contributed by atoms with van der Waals surface area (Å²) in [5, 5.41) is 9.84. The van der Waals surface area contributed by atoms with E-state index < -0.39 is 0 Å². The molecule has 0 unspecified atom stereocenters. The number of rotatable bonds is 8. The third kappa shape index (κ3) is 5.66. The molecular weight excluding hydrogens is 390 g/mol. The standard InChI is InChI=1S/C20H27N5O3S/c1-2-25-17(22-23-20(25)29)14-21-19(27)15-8-11-24(12-9-15)18(26)10-13-28-16-6-4-3-5-7-16/h3-7,15H,2,8-14H2,1H3,(H,21,27)(H,23,29). The van der Waals surface area contributed by atoms with Crippen molar-refractivity contribution in [2.45, 2.75) is 39.3 Å². The number of nitrogens with zero attached hydrogens (tertiary/aromatic N) is 3. The molecule has 1 aliphatic rings. The third-order valence-corrected chi connectivity index (χ3v) is 5.43. The van der Waals surface area contributed by atoms with Crippen molar-refractivity contribution in [3.63, 3.8) is 0 Å². The van der Waals surface area contributed by atoms with E-state index in [0.717, 1.165) is 11.6 Å². The lowest BCUT2D eigenvalue weighted by atomic mass is 9.95. The van der Waals surface area contributed by atoms with E-state index in [-0.39, 0.29) is 17.7 Å². The summed E-state index contributed by atoms with van der Waals surface area (Å²) in [5.74, 6) is 1.47. The van der Waals surface area contributed by atoms with E-state index in [0.29, 0.717) is 56.8 Å². The first-order valence-electron chi connectivity index (χ1n) is 9.96. The van der Waals surface area contributed by atoms with Gasteiger partial charge in [0.05, 0.1) is 19.6 Å². The Morgan fingerprint density at radius 1 is 1.28 bits per heavy atom. The predicted molar refractivity (Wildman–Crippen MR) is 111 cm³/mol. The minimum Gasteiger partial charge on any atom is -0.493 e. The largest absolute Gasteiger partial charge is 0.493 e. The maximum absolute atomic E-state index is 12.5. The third-order valence-electron chi connectivity index (χ3n) is 5.12. The second kappa shape index (κ2) is 10.2. The minimum absolute atomic E-state index is 0.00100. The number of nitrogens with one attached hydrogen (secondary N) is 2. The zero-order chi connectivity index (χ0) is 20.6. The second-order valence-corrected chi connectivity index (χ2v) is 7.36. The Morgan fingerprint density at radius 2 is 2.00 bits per heavy atom. The number of hydrogen-bond donors (Lipinski definition) is 2. The summed E-state index contributed by atoms with van der Waals surface area (Å²) in [6.45, 7) is 4.57. The first kappa shape index (κ1) is 21.0. The molecule has 2 aromatic rings. The summed E-state index contributed by atoms with van der Waals surface area (Å²) < 4.78 is 8.00. The van der Waals surface area contributed by atoms with Crippen LogP contribution >= 0.6 is 12.2 Å². The highest BCUT2D eigenvalue weighted by Gasteiger charge is 2.27. The molecule has 1 saturated heterocycles. The fourth-order valence-electron chi connectivity index (χ4n) is 3.44. The topological polar surface area (TPSA) is 92.2 Å². The van der Waals surface area contributed by atoms with Gasteiger partial charge in [0.25, 0.3) is 0 Å². The molecule has 2 heterocycles. The molecule has 156 valence electrons. The molecule has 2 amide bonds. The number of carbonyl (C=O) groups excluding carboxylic acids is 2. The van der Waals surface area contributed by atoms with Crippen molar-refractivity contribution in [3.8, 4) is 5.75 Å². The van der Waals surface area contributed by atoms with Crippen molar-refractivity contribution in [1.82, 2.24) is 25.0 Å². The summed E-state index contributed by atoms with van der Waals surface area (Å²) in [7, 11) is 0. The van der Waals surface area contributed by atoms with Crippen LogP contribution in [0.25, 0.3) is 0 Å². The van der Waals surface area contributed by atoms with Crippen LogP contribution in [0.15, 0.2) is 30.3 Å². The van der Waals surface area contributed by atoms with Crippen LogP contribution in [0.2, 0.25) is 0 Å². The first-order chi connectivity index (χ1) is 14.1. The Balaban J connectivity index is 1.38. The summed E-state index contributed by atoms with van der Waals surface area (Å²) >= 11 is 5.16. The molecule has 0 atom stereocenters. The Morgan fingerprint density at radius 3 is 2.69 bits per heavy atom. The number of aromatic nitrogens is 3. The summed E-state index contributed by atoms with van der Waals surface area (Å²) in [6, 6.07) is 9.46. The van der Waals surface area contributed by atoms with Crippen LogP contribution in [0.5, 0.6) is 5.75 Å². The Bertz CT molecular complexity index is 872. The molecule has 0 aliphatic carbocycles. The maximum Gasteiger partial charge on any atom is 0.225 e. The van der Waals surface area contributed by atoms with Gasteiger partial charge in [-0.2, -0.15) is 5.10 Å². The molecule has 29 heavy (non-hydrogen) atoms. The van der Waals surface area contributed by atoms with Crippen LogP contribution in [0, 0.1) is 10.7 Å². The highest BCUT2D eigenvalue weighted by molar-refractivity contribution is 7.71. The van der Waals surface area contributed by atoms with Gasteiger partial charge in [0.1, 0.15) is 5.75 Å². The normalized spacial score (nSPS) is 14.6. The van der Waals surface area contributed by atoms with Crippen LogP contribution < -0.4 is 10.1 Å². The number of piperidine rings is 1. The fraction of sp³-hybridized carbons (Fsp3) is 0.500. The Kier molecular flexibility index (Phi) is 7.40. The van der Waals surface area contributed by atoms with E-state index in [9.17, 15) is 9.59 Å². The quantitative estimate of drug-likeness (QED) is 0.643. The molecule has 0 bridgehead atoms. The molecule has 1 aromatic carbocycles. The van der Waals surface area contributed by atoms with E-state index in [2.05, 4.69) is 15.5 Å². The monoisotopic (exact) mass is 417 g/mol. The second-order valence-electron chi connectivity index (χ2n) is 6.97. The van der Waals surface area contributed by atoms with Crippen LogP contribution in [-0.2, 0) is 22.7 Å². The van der Waals surface area contributed by atoms with Crippen molar-refractivity contribution in [1.29, 1.82) is 0 Å². The van der Waals surface area contributed by atoms with Crippen LogP contribution in [0.3, 0.4) is 0 Å². The summed E-state index contributed by atoms with van der Waals surface area (Å²) in [6.07, 6.45) is 1.67. The molecule has 0 saturated carbocycles. The minimum atomic E-state index is -0.0865. The molecule has 0 radical (unpaired) electrons. The number of likely N-dealkylation sites (tertiary alicyclic amines) is 1. The van der Waals surface area contributed by atoms with Gasteiger partial charge < -0.3 is 19.5 Å². The van der Waals surface area contributed by atoms with Crippen molar-refractivity contribution in [2.75, 3.05) is 19.7 Å². The molecule has 0 spiro atoms. The van der Waals surface area contributed by atoms with Gasteiger partial charge >= 0.3 is 0 Å². The number of benzene rings is 1. The molecule has 2 N–H and O–H groups in total. The highest BCUT2D eigenvalue weighted by Crippen LogP contribution is 2.18. The van der Waals surface area contributed by atoms with E-state index in [1.165, 1.54) is 0 Å². The lowest BCUT2D eigenvalue weighted by Crippen LogP contribution is -2.43. The van der Waals surface area contributed by atoms with E-state index in [1.54, 1.807) is 0 Å². The average molecular weight is 418 g/mol. The number of hydrogen-bond acceptors (Lipinski definition) is 5. The lowest BCUT2D eigenvalue weighted by molar-refractivity contribution is -0.136. The number of aromatic amines is 1. The molecule has 9 heteroatoms. The smallest absolute Gasteiger partial charge is 0.225 e. The van der Waals surface area contributed by atoms with Gasteiger partial charge in [-0.05, 0) is 44.1 Å². The van der Waals surface area contributed by atoms with Crippen LogP contribution in [0.1, 0.15) is 32.0 Å². The summed E-state index contributed by atoms with van der Waals surface area (Å²) in [5.41, 5.74) is 0. The Labute approximate surface area is 175 Å². The van der Waals surface area contributed by atoms with Crippen molar-refractivity contribution < 1.29 is 14.3 Å². The van der Waals surface area contributed by atoms with Gasteiger partial charge in [-0.1, -0.05) is 18.2 Å².